The molecular formula is C15H19ClN6O2. The fourth-order valence-corrected chi connectivity index (χ4v) is 2.25. The van der Waals surface area contributed by atoms with Crippen molar-refractivity contribution < 1.29 is 9.59 Å². The van der Waals surface area contributed by atoms with Crippen molar-refractivity contribution in [3.63, 3.8) is 0 Å². The Morgan fingerprint density at radius 3 is 2.75 bits per heavy atom. The van der Waals surface area contributed by atoms with E-state index in [2.05, 4.69) is 15.4 Å². The molecule has 0 bridgehead atoms. The Kier molecular flexibility index (Phi) is 5.75. The van der Waals surface area contributed by atoms with Crippen LogP contribution < -0.4 is 11.1 Å². The van der Waals surface area contributed by atoms with Crippen LogP contribution in [-0.2, 0) is 24.3 Å². The Hall–Kier alpha value is -2.61. The number of primary amides is 1. The Morgan fingerprint density at radius 1 is 1.38 bits per heavy atom. The minimum absolute atomic E-state index is 0.0584. The van der Waals surface area contributed by atoms with Gasteiger partial charge in [-0.2, -0.15) is 5.10 Å². The summed E-state index contributed by atoms with van der Waals surface area (Å²) in [5, 5.41) is 7.64. The predicted octanol–water partition coefficient (Wildman–Crippen LogP) is 0.779. The Morgan fingerprint density at radius 2 is 2.12 bits per heavy atom. The molecule has 0 spiro atoms. The van der Waals surface area contributed by atoms with E-state index in [4.69, 9.17) is 17.3 Å². The molecule has 0 radical (unpaired) electrons. The van der Waals surface area contributed by atoms with Crippen LogP contribution in [0, 0.1) is 0 Å². The van der Waals surface area contributed by atoms with Crippen molar-refractivity contribution in [2.24, 2.45) is 5.73 Å². The van der Waals surface area contributed by atoms with Gasteiger partial charge in [-0.25, -0.2) is 14.5 Å². The smallest absolute Gasteiger partial charge is 0.317 e. The number of nitrogens with zero attached hydrogens (tertiary/aromatic N) is 4. The van der Waals surface area contributed by atoms with Crippen molar-refractivity contribution in [1.29, 1.82) is 0 Å². The lowest BCUT2D eigenvalue weighted by atomic mass is 10.2. The summed E-state index contributed by atoms with van der Waals surface area (Å²) < 4.78 is 1.62. The number of carbonyl (C=O) groups is 2. The summed E-state index contributed by atoms with van der Waals surface area (Å²) in [7, 11) is 3.29. The summed E-state index contributed by atoms with van der Waals surface area (Å²) in [6.07, 6.45) is -0.0584. The third-order valence-corrected chi connectivity index (χ3v) is 3.38. The zero-order valence-corrected chi connectivity index (χ0v) is 14.2. The molecule has 3 N–H and O–H groups in total. The highest BCUT2D eigenvalue weighted by Crippen LogP contribution is 2.12. The minimum atomic E-state index is -0.515. The maximum atomic E-state index is 11.7. The van der Waals surface area contributed by atoms with Crippen LogP contribution in [0.25, 0.3) is 0 Å². The molecule has 128 valence electrons. The largest absolute Gasteiger partial charge is 0.369 e. The van der Waals surface area contributed by atoms with E-state index in [1.807, 2.05) is 18.2 Å². The third-order valence-electron chi connectivity index (χ3n) is 3.15. The topological polar surface area (TPSA) is 106 Å². The lowest BCUT2D eigenvalue weighted by Crippen LogP contribution is -2.34. The molecule has 1 heterocycles. The molecule has 3 amide bonds. The lowest BCUT2D eigenvalue weighted by Gasteiger charge is -2.12. The normalized spacial score (nSPS) is 10.5. The van der Waals surface area contributed by atoms with E-state index in [1.54, 1.807) is 24.8 Å². The second kappa shape index (κ2) is 7.78. The molecule has 0 aliphatic heterocycles. The summed E-state index contributed by atoms with van der Waals surface area (Å²) in [6, 6.07) is 7.10. The van der Waals surface area contributed by atoms with E-state index < -0.39 is 5.91 Å². The first-order valence-electron chi connectivity index (χ1n) is 7.25. The van der Waals surface area contributed by atoms with Crippen LogP contribution in [0.2, 0.25) is 5.02 Å². The number of hydrogen-bond donors (Lipinski definition) is 2. The number of aromatic nitrogens is 3. The first-order chi connectivity index (χ1) is 11.3. The SMILES string of the molecule is CN(C)C(=O)NCc1nc(CC(N)=O)nn1Cc1cccc(Cl)c1. The monoisotopic (exact) mass is 350 g/mol. The molecule has 0 saturated heterocycles. The van der Waals surface area contributed by atoms with Crippen molar-refractivity contribution in [2.45, 2.75) is 19.5 Å². The summed E-state index contributed by atoms with van der Waals surface area (Å²) in [4.78, 5) is 28.5. The number of halogens is 1. The van der Waals surface area contributed by atoms with Crippen molar-refractivity contribution in [2.75, 3.05) is 14.1 Å². The highest BCUT2D eigenvalue weighted by atomic mass is 35.5. The number of carbonyl (C=O) groups excluding carboxylic acids is 2. The van der Waals surface area contributed by atoms with E-state index in [9.17, 15) is 9.59 Å². The number of nitrogens with two attached hydrogens (primary N) is 1. The zero-order chi connectivity index (χ0) is 17.7. The molecule has 1 aromatic heterocycles. The standard InChI is InChI=1S/C15H19ClN6O2/c1-21(2)15(24)18-8-14-19-13(7-12(17)23)20-22(14)9-10-4-3-5-11(16)6-10/h3-6H,7-9H2,1-2H3,(H2,17,23)(H,18,24). The average Bonchev–Trinajstić information content (AvgIpc) is 2.85. The Bertz CT molecular complexity index is 743. The first kappa shape index (κ1) is 17.7. The molecular weight excluding hydrogens is 332 g/mol. The fourth-order valence-electron chi connectivity index (χ4n) is 2.04. The molecule has 0 unspecified atom stereocenters. The predicted molar refractivity (Wildman–Crippen MR) is 89.4 cm³/mol. The Balaban J connectivity index is 2.21. The number of hydrogen-bond acceptors (Lipinski definition) is 4. The van der Waals surface area contributed by atoms with Gasteiger partial charge >= 0.3 is 6.03 Å². The van der Waals surface area contributed by atoms with Crippen molar-refractivity contribution >= 4 is 23.5 Å². The number of amides is 3. The van der Waals surface area contributed by atoms with Gasteiger partial charge in [-0.05, 0) is 17.7 Å². The molecule has 0 saturated carbocycles. The van der Waals surface area contributed by atoms with Crippen molar-refractivity contribution in [3.05, 3.63) is 46.5 Å². The highest BCUT2D eigenvalue weighted by Gasteiger charge is 2.14. The van der Waals surface area contributed by atoms with Gasteiger partial charge < -0.3 is 16.0 Å². The van der Waals surface area contributed by atoms with Gasteiger partial charge in [0.15, 0.2) is 5.82 Å². The summed E-state index contributed by atoms with van der Waals surface area (Å²) in [5.41, 5.74) is 6.13. The van der Waals surface area contributed by atoms with Gasteiger partial charge in [-0.15, -0.1) is 0 Å². The zero-order valence-electron chi connectivity index (χ0n) is 13.5. The maximum Gasteiger partial charge on any atom is 0.317 e. The van der Waals surface area contributed by atoms with Gasteiger partial charge in [0.05, 0.1) is 19.5 Å². The van der Waals surface area contributed by atoms with E-state index in [1.165, 1.54) is 4.90 Å². The van der Waals surface area contributed by atoms with Crippen LogP contribution in [-0.4, -0.2) is 45.7 Å². The van der Waals surface area contributed by atoms with Crippen molar-refractivity contribution in [3.8, 4) is 0 Å². The molecule has 8 nitrogen and oxygen atoms in total. The molecule has 0 aliphatic carbocycles. The molecule has 24 heavy (non-hydrogen) atoms. The number of urea groups is 1. The van der Waals surface area contributed by atoms with Crippen LogP contribution in [0.1, 0.15) is 17.2 Å². The minimum Gasteiger partial charge on any atom is -0.369 e. The molecule has 1 aromatic carbocycles. The van der Waals surface area contributed by atoms with Crippen LogP contribution in [0.3, 0.4) is 0 Å². The summed E-state index contributed by atoms with van der Waals surface area (Å²) in [5.74, 6) is 0.332. The van der Waals surface area contributed by atoms with E-state index in [-0.39, 0.29) is 19.0 Å². The van der Waals surface area contributed by atoms with Gasteiger partial charge in [0, 0.05) is 19.1 Å². The van der Waals surface area contributed by atoms with Gasteiger partial charge in [-0.3, -0.25) is 4.79 Å². The van der Waals surface area contributed by atoms with E-state index >= 15 is 0 Å². The maximum absolute atomic E-state index is 11.7. The number of rotatable bonds is 6. The fraction of sp³-hybridized carbons (Fsp3) is 0.333. The number of benzene rings is 1. The molecule has 0 aliphatic rings. The van der Waals surface area contributed by atoms with Gasteiger partial charge in [0.1, 0.15) is 5.82 Å². The lowest BCUT2D eigenvalue weighted by molar-refractivity contribution is -0.117. The average molecular weight is 351 g/mol. The quantitative estimate of drug-likeness (QED) is 0.802. The summed E-state index contributed by atoms with van der Waals surface area (Å²) in [6.45, 7) is 0.600. The van der Waals surface area contributed by atoms with Crippen molar-refractivity contribution in [1.82, 2.24) is 25.0 Å². The number of nitrogens with one attached hydrogen (secondary N) is 1. The summed E-state index contributed by atoms with van der Waals surface area (Å²) >= 11 is 5.99. The first-order valence-corrected chi connectivity index (χ1v) is 7.63. The molecule has 0 atom stereocenters. The van der Waals surface area contributed by atoms with Crippen LogP contribution in [0.5, 0.6) is 0 Å². The van der Waals surface area contributed by atoms with E-state index in [0.29, 0.717) is 23.2 Å². The molecule has 9 heteroatoms. The molecule has 0 fully saturated rings. The second-order valence-electron chi connectivity index (χ2n) is 5.43. The van der Waals surface area contributed by atoms with Gasteiger partial charge in [0.25, 0.3) is 0 Å². The van der Waals surface area contributed by atoms with Crippen LogP contribution >= 0.6 is 11.6 Å². The molecule has 2 rings (SSSR count). The van der Waals surface area contributed by atoms with Crippen LogP contribution in [0.4, 0.5) is 4.79 Å². The van der Waals surface area contributed by atoms with Gasteiger partial charge in [0.2, 0.25) is 5.91 Å². The third kappa shape index (κ3) is 4.95. The Labute approximate surface area is 144 Å². The highest BCUT2D eigenvalue weighted by molar-refractivity contribution is 6.30. The second-order valence-corrected chi connectivity index (χ2v) is 5.86. The van der Waals surface area contributed by atoms with Gasteiger partial charge in [-0.1, -0.05) is 23.7 Å². The molecule has 2 aromatic rings. The van der Waals surface area contributed by atoms with Crippen LogP contribution in [0.15, 0.2) is 24.3 Å². The van der Waals surface area contributed by atoms with E-state index in [0.717, 1.165) is 5.56 Å².